The fourth-order valence-corrected chi connectivity index (χ4v) is 1.79. The van der Waals surface area contributed by atoms with Crippen molar-refractivity contribution in [2.75, 3.05) is 11.9 Å². The summed E-state index contributed by atoms with van der Waals surface area (Å²) >= 11 is 8.27. The highest BCUT2D eigenvalue weighted by Crippen LogP contribution is 2.21. The molecule has 92 valence electrons. The Labute approximate surface area is 119 Å². The molecule has 1 heterocycles. The number of thiocarbonyl (C=S) groups is 1. The van der Waals surface area contributed by atoms with Gasteiger partial charge in [0, 0.05) is 30.7 Å². The zero-order valence-corrected chi connectivity index (χ0v) is 12.1. The molecule has 0 aliphatic carbocycles. The van der Waals surface area contributed by atoms with E-state index in [1.165, 1.54) is 0 Å². The van der Waals surface area contributed by atoms with Crippen LogP contribution in [0.2, 0.25) is 0 Å². The van der Waals surface area contributed by atoms with E-state index in [4.69, 9.17) is 18.0 Å². The van der Waals surface area contributed by atoms with Crippen molar-refractivity contribution in [3.05, 3.63) is 46.7 Å². The third-order valence-corrected chi connectivity index (χ3v) is 3.07. The first-order valence-electron chi connectivity index (χ1n) is 5.19. The highest BCUT2D eigenvalue weighted by Gasteiger charge is 2.07. The van der Waals surface area contributed by atoms with Gasteiger partial charge in [-0.2, -0.15) is 0 Å². The minimum Gasteiger partial charge on any atom is -0.389 e. The lowest BCUT2D eigenvalue weighted by atomic mass is 10.2. The van der Waals surface area contributed by atoms with Gasteiger partial charge in [0.25, 0.3) is 0 Å². The Kier molecular flexibility index (Phi) is 3.88. The molecule has 0 radical (unpaired) electrons. The van der Waals surface area contributed by atoms with Gasteiger partial charge in [0.2, 0.25) is 5.95 Å². The van der Waals surface area contributed by atoms with E-state index in [0.717, 1.165) is 15.7 Å². The summed E-state index contributed by atoms with van der Waals surface area (Å²) in [4.78, 5) is 10.7. The molecule has 2 aromatic rings. The number of benzene rings is 1. The van der Waals surface area contributed by atoms with Gasteiger partial charge >= 0.3 is 0 Å². The second-order valence-corrected chi connectivity index (χ2v) is 5.03. The summed E-state index contributed by atoms with van der Waals surface area (Å²) in [6, 6.07) is 7.64. The van der Waals surface area contributed by atoms with Crippen LogP contribution in [0.3, 0.4) is 0 Å². The van der Waals surface area contributed by atoms with E-state index in [-0.39, 0.29) is 0 Å². The van der Waals surface area contributed by atoms with Crippen LogP contribution in [0.15, 0.2) is 41.1 Å². The van der Waals surface area contributed by atoms with Crippen LogP contribution in [0.4, 0.5) is 11.6 Å². The second kappa shape index (κ2) is 5.41. The topological polar surface area (TPSA) is 55.0 Å². The van der Waals surface area contributed by atoms with E-state index in [0.29, 0.717) is 10.9 Å². The van der Waals surface area contributed by atoms with E-state index < -0.39 is 0 Å². The third kappa shape index (κ3) is 2.83. The Bertz CT molecular complexity index is 571. The highest BCUT2D eigenvalue weighted by molar-refractivity contribution is 9.10. The predicted molar refractivity (Wildman–Crippen MR) is 80.1 cm³/mol. The van der Waals surface area contributed by atoms with Gasteiger partial charge in [0.05, 0.1) is 4.47 Å². The lowest BCUT2D eigenvalue weighted by Gasteiger charge is -2.17. The Hall–Kier alpha value is -1.53. The molecular weight excluding hydrogens is 312 g/mol. The maximum Gasteiger partial charge on any atom is 0.229 e. The largest absolute Gasteiger partial charge is 0.389 e. The highest BCUT2D eigenvalue weighted by atomic mass is 79.9. The maximum absolute atomic E-state index is 5.62. The molecule has 0 spiro atoms. The summed E-state index contributed by atoms with van der Waals surface area (Å²) < 4.78 is 0.844. The predicted octanol–water partition coefficient (Wildman–Crippen LogP) is 2.64. The van der Waals surface area contributed by atoms with Crippen molar-refractivity contribution < 1.29 is 0 Å². The minimum atomic E-state index is 0.377. The van der Waals surface area contributed by atoms with Crippen LogP contribution in [0, 0.1) is 0 Å². The van der Waals surface area contributed by atoms with Crippen LogP contribution in [0.1, 0.15) is 5.56 Å². The molecule has 2 N–H and O–H groups in total. The first kappa shape index (κ1) is 12.9. The van der Waals surface area contributed by atoms with Gasteiger partial charge in [0.15, 0.2) is 0 Å². The second-order valence-electron chi connectivity index (χ2n) is 3.67. The maximum atomic E-state index is 5.62. The smallest absolute Gasteiger partial charge is 0.229 e. The number of halogens is 1. The lowest BCUT2D eigenvalue weighted by Crippen LogP contribution is -2.15. The van der Waals surface area contributed by atoms with Crippen molar-refractivity contribution in [3.63, 3.8) is 0 Å². The van der Waals surface area contributed by atoms with Gasteiger partial charge < -0.3 is 10.6 Å². The Morgan fingerprint density at radius 3 is 2.61 bits per heavy atom. The zero-order valence-electron chi connectivity index (χ0n) is 9.67. The minimum absolute atomic E-state index is 0.377. The van der Waals surface area contributed by atoms with E-state index in [1.807, 2.05) is 36.2 Å². The zero-order chi connectivity index (χ0) is 13.1. The molecule has 0 atom stereocenters. The molecule has 2 rings (SSSR count). The molecule has 0 saturated heterocycles. The van der Waals surface area contributed by atoms with Crippen LogP contribution < -0.4 is 10.6 Å². The molecule has 0 bridgehead atoms. The van der Waals surface area contributed by atoms with Crippen molar-refractivity contribution in [3.8, 4) is 0 Å². The number of nitrogens with zero attached hydrogens (tertiary/aromatic N) is 3. The number of hydrogen-bond acceptors (Lipinski definition) is 4. The van der Waals surface area contributed by atoms with Crippen molar-refractivity contribution in [1.29, 1.82) is 0 Å². The molecule has 0 fully saturated rings. The van der Waals surface area contributed by atoms with Crippen LogP contribution >= 0.6 is 28.1 Å². The average Bonchev–Trinajstić information content (AvgIpc) is 2.39. The van der Waals surface area contributed by atoms with Gasteiger partial charge in [-0.15, -0.1) is 0 Å². The molecule has 0 aliphatic heterocycles. The first-order valence-corrected chi connectivity index (χ1v) is 6.39. The third-order valence-electron chi connectivity index (χ3n) is 2.42. The molecule has 0 amide bonds. The summed E-state index contributed by atoms with van der Waals surface area (Å²) in [5.74, 6) is 0.610. The van der Waals surface area contributed by atoms with E-state index >= 15 is 0 Å². The lowest BCUT2D eigenvalue weighted by molar-refractivity contribution is 1.04. The van der Waals surface area contributed by atoms with Gasteiger partial charge in [0.1, 0.15) is 4.99 Å². The number of rotatable bonds is 3. The van der Waals surface area contributed by atoms with Crippen LogP contribution in [-0.2, 0) is 0 Å². The van der Waals surface area contributed by atoms with Crippen molar-refractivity contribution in [2.24, 2.45) is 5.73 Å². The average molecular weight is 323 g/mol. The quantitative estimate of drug-likeness (QED) is 0.880. The molecule has 1 aromatic carbocycles. The van der Waals surface area contributed by atoms with Gasteiger partial charge in [-0.25, -0.2) is 9.97 Å². The molecule has 4 nitrogen and oxygen atoms in total. The van der Waals surface area contributed by atoms with E-state index in [2.05, 4.69) is 25.9 Å². The molecule has 0 saturated carbocycles. The molecule has 0 aliphatic rings. The van der Waals surface area contributed by atoms with Gasteiger partial charge in [-0.05, 0) is 28.1 Å². The summed E-state index contributed by atoms with van der Waals surface area (Å²) in [7, 11) is 1.89. The summed E-state index contributed by atoms with van der Waals surface area (Å²) in [6.07, 6.45) is 3.41. The van der Waals surface area contributed by atoms with Crippen LogP contribution in [0.5, 0.6) is 0 Å². The Morgan fingerprint density at radius 1 is 1.33 bits per heavy atom. The van der Waals surface area contributed by atoms with Crippen LogP contribution in [0.25, 0.3) is 0 Å². The summed E-state index contributed by atoms with van der Waals surface area (Å²) in [6.45, 7) is 0. The monoisotopic (exact) mass is 322 g/mol. The SMILES string of the molecule is CN(c1cccc(C(N)=S)c1)c1ncc(Br)cn1. The number of aromatic nitrogens is 2. The number of hydrogen-bond donors (Lipinski definition) is 1. The molecule has 18 heavy (non-hydrogen) atoms. The van der Waals surface area contributed by atoms with Crippen LogP contribution in [-0.4, -0.2) is 22.0 Å². The molecule has 0 unspecified atom stereocenters. The van der Waals surface area contributed by atoms with E-state index in [9.17, 15) is 0 Å². The number of anilines is 2. The summed E-state index contributed by atoms with van der Waals surface area (Å²) in [5.41, 5.74) is 7.38. The summed E-state index contributed by atoms with van der Waals surface area (Å²) in [5, 5.41) is 0. The van der Waals surface area contributed by atoms with Crippen molar-refractivity contribution in [1.82, 2.24) is 9.97 Å². The normalized spacial score (nSPS) is 10.1. The van der Waals surface area contributed by atoms with Gasteiger partial charge in [-0.3, -0.25) is 0 Å². The standard InChI is InChI=1S/C12H11BrN4S/c1-17(12-15-6-9(13)7-16-12)10-4-2-3-8(5-10)11(14)18/h2-7H,1H3,(H2,14,18). The Morgan fingerprint density at radius 2 is 2.00 bits per heavy atom. The first-order chi connectivity index (χ1) is 8.58. The number of nitrogens with two attached hydrogens (primary N) is 1. The Balaban J connectivity index is 2.33. The van der Waals surface area contributed by atoms with Crippen molar-refractivity contribution >= 4 is 44.8 Å². The van der Waals surface area contributed by atoms with E-state index in [1.54, 1.807) is 12.4 Å². The van der Waals surface area contributed by atoms with Crippen molar-refractivity contribution in [2.45, 2.75) is 0 Å². The molecule has 6 heteroatoms. The fraction of sp³-hybridized carbons (Fsp3) is 0.0833. The fourth-order valence-electron chi connectivity index (χ4n) is 1.46. The molecular formula is C12H11BrN4S. The molecule has 1 aromatic heterocycles. The van der Waals surface area contributed by atoms with Gasteiger partial charge in [-0.1, -0.05) is 24.4 Å².